The fraction of sp³-hybridized carbons (Fsp3) is 0.588. The van der Waals surface area contributed by atoms with Crippen LogP contribution in [0.3, 0.4) is 0 Å². The monoisotopic (exact) mass is 399 g/mol. The molecule has 0 N–H and O–H groups in total. The van der Waals surface area contributed by atoms with Gasteiger partial charge in [0.2, 0.25) is 10.0 Å². The van der Waals surface area contributed by atoms with Gasteiger partial charge in [-0.2, -0.15) is 0 Å². The summed E-state index contributed by atoms with van der Waals surface area (Å²) in [6.45, 7) is 2.85. The van der Waals surface area contributed by atoms with Gasteiger partial charge in [-0.1, -0.05) is 13.3 Å². The van der Waals surface area contributed by atoms with E-state index >= 15 is 0 Å². The highest BCUT2D eigenvalue weighted by Gasteiger charge is 2.33. The minimum atomic E-state index is -3.54. The molecular formula is C17H25N3O4S2. The van der Waals surface area contributed by atoms with Gasteiger partial charge in [-0.25, -0.2) is 26.1 Å². The maximum Gasteiger partial charge on any atom is 0.242 e. The van der Waals surface area contributed by atoms with Crippen molar-refractivity contribution in [3.05, 3.63) is 24.0 Å². The quantitative estimate of drug-likeness (QED) is 0.741. The number of fused-ring (bicyclic) bond motifs is 1. The van der Waals surface area contributed by atoms with Crippen LogP contribution >= 0.6 is 0 Å². The van der Waals surface area contributed by atoms with Crippen LogP contribution in [0.15, 0.2) is 23.1 Å². The van der Waals surface area contributed by atoms with Gasteiger partial charge in [0, 0.05) is 26.6 Å². The Bertz CT molecular complexity index is 1020. The summed E-state index contributed by atoms with van der Waals surface area (Å²) in [5.74, 6) is 0.937. The van der Waals surface area contributed by atoms with Gasteiger partial charge in [0.25, 0.3) is 0 Å². The molecular weight excluding hydrogens is 374 g/mol. The Morgan fingerprint density at radius 1 is 1.31 bits per heavy atom. The number of benzene rings is 1. The van der Waals surface area contributed by atoms with E-state index in [1.807, 2.05) is 0 Å². The predicted molar refractivity (Wildman–Crippen MR) is 102 cm³/mol. The third-order valence-corrected chi connectivity index (χ3v) is 8.44. The zero-order valence-corrected chi connectivity index (χ0v) is 17.0. The van der Waals surface area contributed by atoms with Gasteiger partial charge < -0.3 is 4.57 Å². The van der Waals surface area contributed by atoms with Crippen LogP contribution in [0.25, 0.3) is 11.0 Å². The fourth-order valence-corrected chi connectivity index (χ4v) is 6.02. The number of hydrogen-bond acceptors (Lipinski definition) is 5. The SMILES string of the molecule is CCCCn1c(C2CCS(=O)(=O)C2)nc2cc(S(=O)(=O)N(C)C)ccc21. The number of imidazole rings is 1. The maximum atomic E-state index is 12.4. The number of sulfonamides is 1. The summed E-state index contributed by atoms with van der Waals surface area (Å²) >= 11 is 0. The van der Waals surface area contributed by atoms with Crippen LogP contribution in [0.4, 0.5) is 0 Å². The van der Waals surface area contributed by atoms with Crippen molar-refractivity contribution in [1.29, 1.82) is 0 Å². The largest absolute Gasteiger partial charge is 0.328 e. The Balaban J connectivity index is 2.12. The first-order valence-electron chi connectivity index (χ1n) is 8.79. The minimum absolute atomic E-state index is 0.116. The molecule has 1 atom stereocenters. The van der Waals surface area contributed by atoms with Crippen LogP contribution in [0.5, 0.6) is 0 Å². The Labute approximate surface area is 155 Å². The predicted octanol–water partition coefficient (Wildman–Crippen LogP) is 1.99. The third-order valence-electron chi connectivity index (χ3n) is 4.86. The minimum Gasteiger partial charge on any atom is -0.328 e. The second kappa shape index (κ2) is 6.94. The molecule has 9 heteroatoms. The number of unbranched alkanes of at least 4 members (excludes halogenated alkanes) is 1. The third kappa shape index (κ3) is 3.52. The summed E-state index contributed by atoms with van der Waals surface area (Å²) in [7, 11) is -3.57. The van der Waals surface area contributed by atoms with Gasteiger partial charge in [-0.05, 0) is 31.0 Å². The van der Waals surface area contributed by atoms with Crippen molar-refractivity contribution in [2.75, 3.05) is 25.6 Å². The van der Waals surface area contributed by atoms with E-state index in [4.69, 9.17) is 0 Å². The molecule has 2 heterocycles. The molecule has 0 amide bonds. The van der Waals surface area contributed by atoms with E-state index in [1.165, 1.54) is 18.4 Å². The van der Waals surface area contributed by atoms with E-state index in [9.17, 15) is 16.8 Å². The lowest BCUT2D eigenvalue weighted by Crippen LogP contribution is -2.22. The molecule has 0 aliphatic carbocycles. The van der Waals surface area contributed by atoms with Crippen LogP contribution in [-0.2, 0) is 26.4 Å². The summed E-state index contributed by atoms with van der Waals surface area (Å²) in [5, 5.41) is 0. The van der Waals surface area contributed by atoms with Crippen molar-refractivity contribution < 1.29 is 16.8 Å². The van der Waals surface area contributed by atoms with Crippen LogP contribution in [0.1, 0.15) is 37.9 Å². The van der Waals surface area contributed by atoms with Gasteiger partial charge in [0.1, 0.15) is 5.82 Å². The van der Waals surface area contributed by atoms with E-state index in [0.29, 0.717) is 11.9 Å². The molecule has 7 nitrogen and oxygen atoms in total. The molecule has 2 aromatic rings. The van der Waals surface area contributed by atoms with Gasteiger partial charge in [0.15, 0.2) is 9.84 Å². The van der Waals surface area contributed by atoms with Gasteiger partial charge >= 0.3 is 0 Å². The summed E-state index contributed by atoms with van der Waals surface area (Å²) in [4.78, 5) is 4.86. The Morgan fingerprint density at radius 2 is 2.04 bits per heavy atom. The number of hydrogen-bond donors (Lipinski definition) is 0. The zero-order valence-electron chi connectivity index (χ0n) is 15.3. The highest BCUT2D eigenvalue weighted by Crippen LogP contribution is 2.32. The lowest BCUT2D eigenvalue weighted by Gasteiger charge is -2.13. The molecule has 144 valence electrons. The molecule has 1 fully saturated rings. The highest BCUT2D eigenvalue weighted by atomic mass is 32.2. The van der Waals surface area contributed by atoms with E-state index in [1.54, 1.807) is 18.2 Å². The van der Waals surface area contributed by atoms with Gasteiger partial charge in [-0.3, -0.25) is 0 Å². The molecule has 0 spiro atoms. The summed E-state index contributed by atoms with van der Waals surface area (Å²) in [5.41, 5.74) is 1.46. The molecule has 1 aromatic heterocycles. The summed E-state index contributed by atoms with van der Waals surface area (Å²) < 4.78 is 51.8. The van der Waals surface area contributed by atoms with Crippen molar-refractivity contribution in [3.63, 3.8) is 0 Å². The normalized spacial score (nSPS) is 20.2. The second-order valence-corrected chi connectivity index (χ2v) is 11.4. The first-order valence-corrected chi connectivity index (χ1v) is 12.0. The van der Waals surface area contributed by atoms with Crippen LogP contribution in [-0.4, -0.2) is 56.3 Å². The highest BCUT2D eigenvalue weighted by molar-refractivity contribution is 7.91. The second-order valence-electron chi connectivity index (χ2n) is 7.01. The van der Waals surface area contributed by atoms with Crippen LogP contribution in [0, 0.1) is 0 Å². The molecule has 0 saturated carbocycles. The molecule has 26 heavy (non-hydrogen) atoms. The molecule has 1 unspecified atom stereocenters. The number of nitrogens with zero attached hydrogens (tertiary/aromatic N) is 3. The van der Waals surface area contributed by atoms with Crippen LogP contribution in [0.2, 0.25) is 0 Å². The van der Waals surface area contributed by atoms with E-state index in [0.717, 1.165) is 30.7 Å². The first-order chi connectivity index (χ1) is 12.2. The van der Waals surface area contributed by atoms with E-state index in [2.05, 4.69) is 16.5 Å². The average molecular weight is 400 g/mol. The van der Waals surface area contributed by atoms with Crippen molar-refractivity contribution >= 4 is 30.9 Å². The lowest BCUT2D eigenvalue weighted by atomic mass is 10.1. The van der Waals surface area contributed by atoms with Crippen molar-refractivity contribution in [2.24, 2.45) is 0 Å². The Morgan fingerprint density at radius 3 is 2.62 bits per heavy atom. The molecule has 0 bridgehead atoms. The van der Waals surface area contributed by atoms with Crippen LogP contribution < -0.4 is 0 Å². The van der Waals surface area contributed by atoms with Crippen molar-refractivity contribution in [3.8, 4) is 0 Å². The molecule has 3 rings (SSSR count). The van der Waals surface area contributed by atoms with E-state index in [-0.39, 0.29) is 22.3 Å². The number of sulfone groups is 1. The lowest BCUT2D eigenvalue weighted by molar-refractivity contribution is 0.521. The smallest absolute Gasteiger partial charge is 0.242 e. The van der Waals surface area contributed by atoms with Crippen molar-refractivity contribution in [1.82, 2.24) is 13.9 Å². The number of rotatable bonds is 6. The Kier molecular flexibility index (Phi) is 5.15. The molecule has 1 aromatic carbocycles. The summed E-state index contributed by atoms with van der Waals surface area (Å²) in [6.07, 6.45) is 2.53. The van der Waals surface area contributed by atoms with Gasteiger partial charge in [-0.15, -0.1) is 0 Å². The fourth-order valence-electron chi connectivity index (χ4n) is 3.36. The molecule has 0 radical (unpaired) electrons. The first kappa shape index (κ1) is 19.3. The maximum absolute atomic E-state index is 12.4. The van der Waals surface area contributed by atoms with Crippen molar-refractivity contribution in [2.45, 2.75) is 43.5 Å². The number of aryl methyl sites for hydroxylation is 1. The standard InChI is InChI=1S/C17H25N3O4S2/c1-4-5-9-20-16-7-6-14(26(23,24)19(2)3)11-15(16)18-17(20)13-8-10-25(21,22)12-13/h6-7,11,13H,4-5,8-10,12H2,1-3H3. The molecule has 1 aliphatic heterocycles. The zero-order chi connectivity index (χ0) is 19.1. The average Bonchev–Trinajstić information content (AvgIpc) is 3.11. The summed E-state index contributed by atoms with van der Waals surface area (Å²) in [6, 6.07) is 4.96. The van der Waals surface area contributed by atoms with Gasteiger partial charge in [0.05, 0.1) is 27.4 Å². The topological polar surface area (TPSA) is 89.3 Å². The molecule has 1 saturated heterocycles. The molecule has 1 aliphatic rings. The number of aromatic nitrogens is 2. The van der Waals surface area contributed by atoms with E-state index < -0.39 is 19.9 Å². The Hall–Kier alpha value is -1.45.